The van der Waals surface area contributed by atoms with Crippen LogP contribution < -0.4 is 10.2 Å². The van der Waals surface area contributed by atoms with Gasteiger partial charge in [0.1, 0.15) is 10.7 Å². The lowest BCUT2D eigenvalue weighted by atomic mass is 10.0. The van der Waals surface area contributed by atoms with Crippen molar-refractivity contribution in [1.82, 2.24) is 14.9 Å². The van der Waals surface area contributed by atoms with E-state index in [1.807, 2.05) is 17.9 Å². The molecule has 0 saturated carbocycles. The molecule has 0 atom stereocenters. The molecule has 0 unspecified atom stereocenters. The van der Waals surface area contributed by atoms with Crippen LogP contribution in [0.25, 0.3) is 0 Å². The quantitative estimate of drug-likeness (QED) is 0.943. The Labute approximate surface area is 132 Å². The standard InChI is InChI=1S/C15H17FN4OS/c1-10-2-3-12(16)13(8-10)20-6-4-11(5-7-20)18-15(21)14-9-17-19-22-14/h2-3,8-9,11H,4-7H2,1H3,(H,18,21). The van der Waals surface area contributed by atoms with Gasteiger partial charge in [-0.15, -0.1) is 5.10 Å². The first-order chi connectivity index (χ1) is 10.6. The minimum absolute atomic E-state index is 0.110. The fraction of sp³-hybridized carbons (Fsp3) is 0.400. The van der Waals surface area contributed by atoms with Crippen molar-refractivity contribution in [2.75, 3.05) is 18.0 Å². The lowest BCUT2D eigenvalue weighted by Gasteiger charge is -2.34. The summed E-state index contributed by atoms with van der Waals surface area (Å²) in [6.45, 7) is 3.41. The van der Waals surface area contributed by atoms with E-state index in [1.54, 1.807) is 6.07 Å². The van der Waals surface area contributed by atoms with Gasteiger partial charge in [-0.1, -0.05) is 10.6 Å². The molecule has 0 bridgehead atoms. The molecule has 1 fully saturated rings. The molecule has 1 aliphatic heterocycles. The Morgan fingerprint density at radius 3 is 2.86 bits per heavy atom. The number of nitrogens with one attached hydrogen (secondary N) is 1. The van der Waals surface area contributed by atoms with Gasteiger partial charge in [0.2, 0.25) is 0 Å². The molecular weight excluding hydrogens is 303 g/mol. The molecule has 1 aromatic carbocycles. The van der Waals surface area contributed by atoms with Crippen LogP contribution in [0.5, 0.6) is 0 Å². The van der Waals surface area contributed by atoms with Gasteiger partial charge in [0.25, 0.3) is 5.91 Å². The summed E-state index contributed by atoms with van der Waals surface area (Å²) in [6, 6.07) is 5.26. The predicted octanol–water partition coefficient (Wildman–Crippen LogP) is 2.38. The van der Waals surface area contributed by atoms with Crippen LogP contribution in [0, 0.1) is 12.7 Å². The van der Waals surface area contributed by atoms with Crippen molar-refractivity contribution in [3.63, 3.8) is 0 Å². The van der Waals surface area contributed by atoms with Crippen LogP contribution in [-0.4, -0.2) is 34.6 Å². The maximum absolute atomic E-state index is 13.9. The largest absolute Gasteiger partial charge is 0.369 e. The number of hydrogen-bond acceptors (Lipinski definition) is 5. The van der Waals surface area contributed by atoms with Gasteiger partial charge < -0.3 is 10.2 Å². The molecule has 3 rings (SSSR count). The highest BCUT2D eigenvalue weighted by Crippen LogP contribution is 2.24. The van der Waals surface area contributed by atoms with E-state index in [0.717, 1.165) is 43.0 Å². The summed E-state index contributed by atoms with van der Waals surface area (Å²) in [5.74, 6) is -0.320. The van der Waals surface area contributed by atoms with E-state index in [4.69, 9.17) is 0 Å². The average Bonchev–Trinajstić information content (AvgIpc) is 3.05. The Bertz CT molecular complexity index is 654. The molecule has 1 amide bonds. The zero-order valence-electron chi connectivity index (χ0n) is 12.3. The molecule has 0 aliphatic carbocycles. The summed E-state index contributed by atoms with van der Waals surface area (Å²) in [5.41, 5.74) is 1.70. The number of piperidine rings is 1. The summed E-state index contributed by atoms with van der Waals surface area (Å²) >= 11 is 1.09. The summed E-state index contributed by atoms with van der Waals surface area (Å²) < 4.78 is 17.6. The van der Waals surface area contributed by atoms with Gasteiger partial charge in [0.15, 0.2) is 0 Å². The lowest BCUT2D eigenvalue weighted by molar-refractivity contribution is 0.0935. The molecule has 0 spiro atoms. The van der Waals surface area contributed by atoms with Crippen molar-refractivity contribution >= 4 is 23.1 Å². The minimum Gasteiger partial charge on any atom is -0.369 e. The van der Waals surface area contributed by atoms with E-state index in [2.05, 4.69) is 14.9 Å². The third-order valence-electron chi connectivity index (χ3n) is 3.86. The summed E-state index contributed by atoms with van der Waals surface area (Å²) in [6.07, 6.45) is 3.06. The Morgan fingerprint density at radius 2 is 2.18 bits per heavy atom. The number of nitrogens with zero attached hydrogens (tertiary/aromatic N) is 3. The van der Waals surface area contributed by atoms with E-state index < -0.39 is 0 Å². The minimum atomic E-state index is -0.191. The van der Waals surface area contributed by atoms with Gasteiger partial charge in [-0.25, -0.2) is 4.39 Å². The van der Waals surface area contributed by atoms with Crippen molar-refractivity contribution in [2.45, 2.75) is 25.8 Å². The first-order valence-corrected chi connectivity index (χ1v) is 8.00. The van der Waals surface area contributed by atoms with Crippen molar-refractivity contribution in [3.8, 4) is 0 Å². The number of halogens is 1. The van der Waals surface area contributed by atoms with Crippen LogP contribution in [0.1, 0.15) is 28.1 Å². The van der Waals surface area contributed by atoms with Gasteiger partial charge in [-0.3, -0.25) is 4.79 Å². The molecule has 1 saturated heterocycles. The summed E-state index contributed by atoms with van der Waals surface area (Å²) in [5, 5.41) is 6.65. The van der Waals surface area contributed by atoms with Gasteiger partial charge >= 0.3 is 0 Å². The maximum Gasteiger partial charge on any atom is 0.264 e. The number of carbonyl (C=O) groups is 1. The number of anilines is 1. The number of carbonyl (C=O) groups excluding carboxylic acids is 1. The number of rotatable bonds is 3. The second-order valence-corrected chi connectivity index (χ2v) is 6.26. The predicted molar refractivity (Wildman–Crippen MR) is 83.7 cm³/mol. The Balaban J connectivity index is 1.58. The Kier molecular flexibility index (Phi) is 4.33. The first-order valence-electron chi connectivity index (χ1n) is 7.23. The van der Waals surface area contributed by atoms with Gasteiger partial charge in [0.05, 0.1) is 11.9 Å². The van der Waals surface area contributed by atoms with Crippen molar-refractivity contribution in [2.24, 2.45) is 0 Å². The average molecular weight is 320 g/mol. The molecule has 7 heteroatoms. The summed E-state index contributed by atoms with van der Waals surface area (Å²) in [7, 11) is 0. The fourth-order valence-corrected chi connectivity index (χ4v) is 3.07. The highest BCUT2D eigenvalue weighted by atomic mass is 32.1. The van der Waals surface area contributed by atoms with Crippen LogP contribution in [-0.2, 0) is 0 Å². The first kappa shape index (κ1) is 14.9. The molecule has 1 aliphatic rings. The van der Waals surface area contributed by atoms with Crippen LogP contribution in [0.4, 0.5) is 10.1 Å². The van der Waals surface area contributed by atoms with Gasteiger partial charge in [-0.05, 0) is 49.0 Å². The molecule has 2 aromatic rings. The highest BCUT2D eigenvalue weighted by molar-refractivity contribution is 7.07. The third kappa shape index (κ3) is 3.24. The number of aromatic nitrogens is 2. The van der Waals surface area contributed by atoms with E-state index in [1.165, 1.54) is 12.3 Å². The second kappa shape index (κ2) is 6.39. The fourth-order valence-electron chi connectivity index (χ4n) is 2.65. The van der Waals surface area contributed by atoms with E-state index in [-0.39, 0.29) is 17.8 Å². The summed E-state index contributed by atoms with van der Waals surface area (Å²) in [4.78, 5) is 14.5. The Hall–Kier alpha value is -2.02. The molecule has 1 N–H and O–H groups in total. The van der Waals surface area contributed by atoms with E-state index >= 15 is 0 Å². The second-order valence-electron chi connectivity index (χ2n) is 5.47. The highest BCUT2D eigenvalue weighted by Gasteiger charge is 2.23. The molecular formula is C15H17FN4OS. The monoisotopic (exact) mass is 320 g/mol. The molecule has 22 heavy (non-hydrogen) atoms. The number of aryl methyl sites for hydroxylation is 1. The topological polar surface area (TPSA) is 58.1 Å². The molecule has 2 heterocycles. The van der Waals surface area contributed by atoms with Crippen molar-refractivity contribution < 1.29 is 9.18 Å². The zero-order valence-corrected chi connectivity index (χ0v) is 13.1. The molecule has 1 aromatic heterocycles. The van der Waals surface area contributed by atoms with E-state index in [9.17, 15) is 9.18 Å². The SMILES string of the molecule is Cc1ccc(F)c(N2CCC(NC(=O)c3cnns3)CC2)c1. The number of hydrogen-bond donors (Lipinski definition) is 1. The Morgan fingerprint density at radius 1 is 1.41 bits per heavy atom. The van der Waals surface area contributed by atoms with Crippen LogP contribution in [0.3, 0.4) is 0 Å². The third-order valence-corrected chi connectivity index (χ3v) is 4.52. The van der Waals surface area contributed by atoms with Crippen LogP contribution >= 0.6 is 11.5 Å². The van der Waals surface area contributed by atoms with Crippen LogP contribution in [0.15, 0.2) is 24.4 Å². The van der Waals surface area contributed by atoms with E-state index in [0.29, 0.717) is 10.6 Å². The lowest BCUT2D eigenvalue weighted by Crippen LogP contribution is -2.44. The van der Waals surface area contributed by atoms with Gasteiger partial charge in [-0.2, -0.15) is 0 Å². The van der Waals surface area contributed by atoms with Gasteiger partial charge in [0, 0.05) is 19.1 Å². The van der Waals surface area contributed by atoms with Crippen molar-refractivity contribution in [3.05, 3.63) is 40.7 Å². The molecule has 0 radical (unpaired) electrons. The molecule has 5 nitrogen and oxygen atoms in total. The van der Waals surface area contributed by atoms with Crippen LogP contribution in [0.2, 0.25) is 0 Å². The van der Waals surface area contributed by atoms with Crippen molar-refractivity contribution in [1.29, 1.82) is 0 Å². The zero-order chi connectivity index (χ0) is 15.5. The molecule has 116 valence electrons. The number of amides is 1. The number of benzene rings is 1. The maximum atomic E-state index is 13.9. The smallest absolute Gasteiger partial charge is 0.264 e. The normalized spacial score (nSPS) is 15.8.